The number of carbonyl (C=O) groups is 1. The van der Waals surface area contributed by atoms with E-state index in [1.54, 1.807) is 5.38 Å². The van der Waals surface area contributed by atoms with Gasteiger partial charge in [-0.25, -0.2) is 9.37 Å². The van der Waals surface area contributed by atoms with Gasteiger partial charge in [0.15, 0.2) is 18.9 Å². The van der Waals surface area contributed by atoms with Crippen molar-refractivity contribution in [3.8, 4) is 0 Å². The van der Waals surface area contributed by atoms with Crippen molar-refractivity contribution in [2.24, 2.45) is 0 Å². The van der Waals surface area contributed by atoms with Crippen molar-refractivity contribution in [3.05, 3.63) is 105 Å². The highest BCUT2D eigenvalue weighted by Crippen LogP contribution is 2.48. The topological polar surface area (TPSA) is 62.7 Å². The van der Waals surface area contributed by atoms with E-state index in [0.717, 1.165) is 21.7 Å². The van der Waals surface area contributed by atoms with E-state index in [2.05, 4.69) is 50.0 Å². The average Bonchev–Trinajstić information content (AvgIpc) is 3.49. The van der Waals surface area contributed by atoms with Crippen LogP contribution in [-0.4, -0.2) is 49.2 Å². The van der Waals surface area contributed by atoms with E-state index >= 15 is 4.39 Å². The lowest BCUT2D eigenvalue weighted by molar-refractivity contribution is -0.00541. The number of rotatable bonds is 7. The lowest BCUT2D eigenvalue weighted by Crippen LogP contribution is -2.68. The van der Waals surface area contributed by atoms with Gasteiger partial charge in [0.2, 0.25) is 5.78 Å². The number of benzene rings is 3. The van der Waals surface area contributed by atoms with E-state index in [1.165, 1.54) is 12.3 Å². The minimum Gasteiger partial charge on any atom is -0.391 e. The minimum atomic E-state index is -3.19. The Morgan fingerprint density at radius 2 is 1.62 bits per heavy atom. The van der Waals surface area contributed by atoms with E-state index < -0.39 is 30.4 Å². The number of thiazole rings is 1. The number of carbonyl (C=O) groups excluding carboxylic acids is 1. The molecule has 220 valence electrons. The summed E-state index contributed by atoms with van der Waals surface area (Å²) >= 11 is 7.76. The Morgan fingerprint density at radius 1 is 1.07 bits per heavy atom. The molecule has 0 radical (unpaired) electrons. The van der Waals surface area contributed by atoms with Crippen LogP contribution in [0.3, 0.4) is 0 Å². The van der Waals surface area contributed by atoms with Crippen LogP contribution in [0.25, 0.3) is 0 Å². The van der Waals surface area contributed by atoms with Crippen molar-refractivity contribution < 1.29 is 19.0 Å². The summed E-state index contributed by atoms with van der Waals surface area (Å²) in [7, 11) is -3.19. The fourth-order valence-electron chi connectivity index (χ4n) is 6.59. The molecule has 1 N–H and O–H groups in total. The molecule has 1 saturated heterocycles. The molecule has 0 amide bonds. The summed E-state index contributed by atoms with van der Waals surface area (Å²) in [5.41, 5.74) is -0.450. The van der Waals surface area contributed by atoms with Crippen molar-refractivity contribution in [1.29, 1.82) is 0 Å². The highest BCUT2D eigenvalue weighted by atomic mass is 35.5. The molecular weight excluding hydrogens is 587 g/mol. The zero-order valence-electron chi connectivity index (χ0n) is 24.5. The first kappa shape index (κ1) is 30.6. The average molecular weight is 623 g/mol. The molecular formula is C33H36ClFN2O3SSi. The summed E-state index contributed by atoms with van der Waals surface area (Å²) < 4.78 is 22.2. The zero-order chi connectivity index (χ0) is 30.2. The second kappa shape index (κ2) is 12.0. The first-order valence-corrected chi connectivity index (χ1v) is 17.5. The fourth-order valence-corrected chi connectivity index (χ4v) is 13.0. The Bertz CT molecular complexity index is 1500. The van der Waals surface area contributed by atoms with Crippen LogP contribution >= 0.6 is 22.9 Å². The Balaban J connectivity index is 1.87. The predicted molar refractivity (Wildman–Crippen MR) is 172 cm³/mol. The van der Waals surface area contributed by atoms with Crippen molar-refractivity contribution in [1.82, 2.24) is 4.98 Å². The van der Waals surface area contributed by atoms with Gasteiger partial charge in [-0.1, -0.05) is 103 Å². The maximum atomic E-state index is 16.2. The molecule has 1 aliphatic heterocycles. The second-order valence-corrected chi connectivity index (χ2v) is 18.1. The normalized spacial score (nSPS) is 18.6. The van der Waals surface area contributed by atoms with Crippen LogP contribution in [0.1, 0.15) is 61.3 Å². The number of ketones is 1. The summed E-state index contributed by atoms with van der Waals surface area (Å²) in [6.45, 7) is 11.2. The van der Waals surface area contributed by atoms with Gasteiger partial charge in [-0.2, -0.15) is 0 Å². The van der Waals surface area contributed by atoms with Crippen molar-refractivity contribution in [3.63, 3.8) is 0 Å². The highest BCUT2D eigenvalue weighted by molar-refractivity contribution is 7.11. The van der Waals surface area contributed by atoms with Crippen molar-refractivity contribution in [2.45, 2.75) is 57.6 Å². The fraction of sp³-hybridized carbons (Fsp3) is 0.333. The van der Waals surface area contributed by atoms with Crippen LogP contribution in [0.5, 0.6) is 0 Å². The van der Waals surface area contributed by atoms with E-state index in [9.17, 15) is 9.90 Å². The molecule has 42 heavy (non-hydrogen) atoms. The number of aliphatic hydroxyl groups is 1. The van der Waals surface area contributed by atoms with E-state index in [0.29, 0.717) is 24.3 Å². The third-order valence-corrected chi connectivity index (χ3v) is 15.2. The van der Waals surface area contributed by atoms with Crippen LogP contribution in [-0.2, 0) is 4.74 Å². The van der Waals surface area contributed by atoms with Crippen LogP contribution in [0.4, 0.5) is 10.1 Å². The van der Waals surface area contributed by atoms with Gasteiger partial charge in [-0.05, 0) is 25.0 Å². The molecule has 1 unspecified atom stereocenters. The van der Waals surface area contributed by atoms with Gasteiger partial charge >= 0.3 is 0 Å². The number of halogens is 2. The molecule has 4 aromatic rings. The monoisotopic (exact) mass is 622 g/mol. The summed E-state index contributed by atoms with van der Waals surface area (Å²) in [4.78, 5) is 20.2. The number of aliphatic hydroxyl groups excluding tert-OH is 1. The molecule has 0 bridgehead atoms. The van der Waals surface area contributed by atoms with Gasteiger partial charge in [0.1, 0.15) is 0 Å². The molecule has 2 heterocycles. The van der Waals surface area contributed by atoms with Crippen LogP contribution in [0.2, 0.25) is 10.1 Å². The summed E-state index contributed by atoms with van der Waals surface area (Å²) in [5, 5.41) is 16.2. The summed E-state index contributed by atoms with van der Waals surface area (Å²) in [6.07, 6.45) is 1.18. The quantitative estimate of drug-likeness (QED) is 0.190. The van der Waals surface area contributed by atoms with Crippen LogP contribution < -0.4 is 15.3 Å². The number of nitrogens with zero attached hydrogens (tertiary/aromatic N) is 2. The molecule has 9 heteroatoms. The largest absolute Gasteiger partial charge is 0.391 e. The molecule has 0 spiro atoms. The molecule has 5 nitrogen and oxygen atoms in total. The highest BCUT2D eigenvalue weighted by Gasteiger charge is 2.54. The standard InChI is InChI=1S/C33H36ClFN2O3SSi/c1-21-19-37(20-22(2)40-21)29-25(18-26(34)28(35)27(29)30(38)31-36-16-17-41-31)32(39)42(33(3,4)5,23-12-8-6-9-13-23)24-14-10-7-11-15-24/h6-18,21-22,32,39H,19-20H2,1-5H3/t21-,22+,32?. The first-order chi connectivity index (χ1) is 20.0. The van der Waals surface area contributed by atoms with Crippen LogP contribution in [0, 0.1) is 5.82 Å². The SMILES string of the molecule is C[C@@H]1CN(c2c(C(O)[Si](c3ccccc3)(c3ccccc3)C(C)(C)C)cc(Cl)c(F)c2C(=O)c2nccs2)C[C@H](C)O1. The predicted octanol–water partition coefficient (Wildman–Crippen LogP) is 6.42. The second-order valence-electron chi connectivity index (χ2n) is 12.0. The Labute approximate surface area is 257 Å². The van der Waals surface area contributed by atoms with E-state index in [-0.39, 0.29) is 27.8 Å². The van der Waals surface area contributed by atoms with Gasteiger partial charge in [0.25, 0.3) is 0 Å². The third kappa shape index (κ3) is 5.35. The maximum absolute atomic E-state index is 16.2. The number of anilines is 1. The van der Waals surface area contributed by atoms with Crippen LogP contribution in [0.15, 0.2) is 78.3 Å². The van der Waals surface area contributed by atoms with E-state index in [4.69, 9.17) is 16.3 Å². The molecule has 3 atom stereocenters. The Morgan fingerprint density at radius 3 is 2.10 bits per heavy atom. The van der Waals surface area contributed by atoms with Gasteiger partial charge in [0, 0.05) is 30.2 Å². The Hall–Kier alpha value is -2.88. The molecule has 0 aliphatic carbocycles. The molecule has 1 aliphatic rings. The van der Waals surface area contributed by atoms with Crippen molar-refractivity contribution in [2.75, 3.05) is 18.0 Å². The van der Waals surface area contributed by atoms with Gasteiger partial charge in [-0.3, -0.25) is 4.79 Å². The number of aromatic nitrogens is 1. The van der Waals surface area contributed by atoms with Gasteiger partial charge < -0.3 is 14.7 Å². The molecule has 0 saturated carbocycles. The lowest BCUT2D eigenvalue weighted by Gasteiger charge is -2.48. The lowest BCUT2D eigenvalue weighted by atomic mass is 10.00. The maximum Gasteiger partial charge on any atom is 0.226 e. The Kier molecular flexibility index (Phi) is 8.74. The third-order valence-electron chi connectivity index (χ3n) is 8.16. The van der Waals surface area contributed by atoms with E-state index in [1.807, 2.05) is 55.1 Å². The molecule has 1 fully saturated rings. The summed E-state index contributed by atoms with van der Waals surface area (Å²) in [5.74, 6) is -1.36. The van der Waals surface area contributed by atoms with Gasteiger partial charge in [0.05, 0.1) is 34.2 Å². The van der Waals surface area contributed by atoms with Gasteiger partial charge in [-0.15, -0.1) is 11.3 Å². The molecule has 5 rings (SSSR count). The van der Waals surface area contributed by atoms with Crippen molar-refractivity contribution >= 4 is 52.9 Å². The zero-order valence-corrected chi connectivity index (χ0v) is 27.0. The number of hydrogen-bond acceptors (Lipinski definition) is 6. The molecule has 3 aromatic carbocycles. The number of ether oxygens (including phenoxy) is 1. The number of hydrogen-bond donors (Lipinski definition) is 1. The molecule has 1 aromatic heterocycles. The smallest absolute Gasteiger partial charge is 0.226 e. The first-order valence-electron chi connectivity index (χ1n) is 14.1. The minimum absolute atomic E-state index is 0.161. The summed E-state index contributed by atoms with van der Waals surface area (Å²) in [6, 6.07) is 21.7. The number of morpholine rings is 1.